The Morgan fingerprint density at radius 2 is 1.71 bits per heavy atom. The zero-order chi connectivity index (χ0) is 16.5. The molecule has 0 N–H and O–H groups in total. The monoisotopic (exact) mass is 312 g/mol. The Kier molecular flexibility index (Phi) is 3.51. The number of hydrogen-bond donors (Lipinski definition) is 0. The van der Waals surface area contributed by atoms with Crippen LogP contribution in [0, 0.1) is 0 Å². The Hall–Kier alpha value is -3.13. The maximum atomic E-state index is 12.8. The van der Waals surface area contributed by atoms with Gasteiger partial charge in [-0.3, -0.25) is 4.79 Å². The molecular weight excluding hydrogens is 296 g/mol. The highest BCUT2D eigenvalue weighted by Gasteiger charge is 2.21. The van der Waals surface area contributed by atoms with Crippen molar-refractivity contribution in [3.63, 3.8) is 0 Å². The molecule has 0 amide bonds. The third kappa shape index (κ3) is 2.42. The molecule has 0 spiro atoms. The van der Waals surface area contributed by atoms with Crippen LogP contribution >= 0.6 is 0 Å². The molecule has 0 saturated carbocycles. The first-order chi connectivity index (χ1) is 11.8. The standard InChI is InChI=1S/C22H16O2/c1-2-15-9-11-19(12-10-15)24-14-18-13-17-7-3-5-16-6-4-8-20(21(16)17)22(18)23/h2-13H,1,14H2. The van der Waals surface area contributed by atoms with Crippen molar-refractivity contribution >= 4 is 28.7 Å². The molecular formula is C22H16O2. The van der Waals surface area contributed by atoms with Crippen molar-refractivity contribution in [3.05, 3.63) is 89.5 Å². The fraction of sp³-hybridized carbons (Fsp3) is 0.0455. The van der Waals surface area contributed by atoms with E-state index >= 15 is 0 Å². The summed E-state index contributed by atoms with van der Waals surface area (Å²) in [5.74, 6) is 0.786. The van der Waals surface area contributed by atoms with Gasteiger partial charge < -0.3 is 4.74 Å². The Morgan fingerprint density at radius 3 is 2.46 bits per heavy atom. The minimum Gasteiger partial charge on any atom is -0.489 e. The van der Waals surface area contributed by atoms with E-state index in [2.05, 4.69) is 6.58 Å². The third-order valence-corrected chi connectivity index (χ3v) is 4.31. The summed E-state index contributed by atoms with van der Waals surface area (Å²) < 4.78 is 5.80. The number of ketones is 1. The largest absolute Gasteiger partial charge is 0.489 e. The first kappa shape index (κ1) is 14.5. The van der Waals surface area contributed by atoms with Crippen LogP contribution < -0.4 is 4.74 Å². The first-order valence-electron chi connectivity index (χ1n) is 7.88. The molecule has 0 heterocycles. The van der Waals surface area contributed by atoms with Crippen molar-refractivity contribution in [3.8, 4) is 5.75 Å². The van der Waals surface area contributed by atoms with E-state index in [-0.39, 0.29) is 12.4 Å². The predicted molar refractivity (Wildman–Crippen MR) is 98.3 cm³/mol. The van der Waals surface area contributed by atoms with Crippen LogP contribution in [0.5, 0.6) is 5.75 Å². The summed E-state index contributed by atoms with van der Waals surface area (Å²) in [4.78, 5) is 12.8. The quantitative estimate of drug-likeness (QED) is 0.666. The van der Waals surface area contributed by atoms with Gasteiger partial charge >= 0.3 is 0 Å². The van der Waals surface area contributed by atoms with Crippen LogP contribution in [0.1, 0.15) is 21.5 Å². The molecule has 3 aromatic rings. The SMILES string of the molecule is C=Cc1ccc(OCC2=Cc3cccc4cccc(c34)C2=O)cc1. The van der Waals surface area contributed by atoms with Gasteiger partial charge in [-0.25, -0.2) is 0 Å². The molecule has 3 aromatic carbocycles. The molecule has 0 atom stereocenters. The predicted octanol–water partition coefficient (Wildman–Crippen LogP) is 5.14. The number of carbonyl (C=O) groups excluding carboxylic acids is 1. The molecule has 24 heavy (non-hydrogen) atoms. The second-order valence-electron chi connectivity index (χ2n) is 5.81. The van der Waals surface area contributed by atoms with E-state index in [1.807, 2.05) is 66.7 Å². The number of Topliss-reactive ketones (excluding diaryl/α,β-unsaturated/α-hetero) is 1. The van der Waals surface area contributed by atoms with E-state index in [0.29, 0.717) is 5.57 Å². The zero-order valence-electron chi connectivity index (χ0n) is 13.2. The summed E-state index contributed by atoms with van der Waals surface area (Å²) in [5.41, 5.74) is 3.54. The van der Waals surface area contributed by atoms with Crippen LogP contribution in [0.4, 0.5) is 0 Å². The maximum absolute atomic E-state index is 12.8. The number of rotatable bonds is 4. The van der Waals surface area contributed by atoms with Gasteiger partial charge in [0.1, 0.15) is 12.4 Å². The number of hydrogen-bond acceptors (Lipinski definition) is 2. The molecule has 2 heteroatoms. The average molecular weight is 312 g/mol. The fourth-order valence-corrected chi connectivity index (χ4v) is 3.07. The Balaban J connectivity index is 1.64. The molecule has 0 saturated heterocycles. The molecule has 4 rings (SSSR count). The molecule has 0 aromatic heterocycles. The van der Waals surface area contributed by atoms with E-state index < -0.39 is 0 Å². The van der Waals surface area contributed by atoms with E-state index in [1.165, 1.54) is 0 Å². The van der Waals surface area contributed by atoms with E-state index in [9.17, 15) is 4.79 Å². The van der Waals surface area contributed by atoms with Crippen molar-refractivity contribution in [2.45, 2.75) is 0 Å². The number of carbonyl (C=O) groups is 1. The van der Waals surface area contributed by atoms with Crippen molar-refractivity contribution in [1.29, 1.82) is 0 Å². The lowest BCUT2D eigenvalue weighted by Gasteiger charge is -2.17. The summed E-state index contributed by atoms with van der Waals surface area (Å²) in [7, 11) is 0. The van der Waals surface area contributed by atoms with Crippen molar-refractivity contribution in [2.75, 3.05) is 6.61 Å². The van der Waals surface area contributed by atoms with Crippen LogP contribution in [0.15, 0.2) is 72.8 Å². The van der Waals surface area contributed by atoms with Gasteiger partial charge in [-0.2, -0.15) is 0 Å². The minimum atomic E-state index is 0.0435. The van der Waals surface area contributed by atoms with Gasteiger partial charge in [0.25, 0.3) is 0 Å². The highest BCUT2D eigenvalue weighted by atomic mass is 16.5. The summed E-state index contributed by atoms with van der Waals surface area (Å²) in [6, 6.07) is 19.6. The lowest BCUT2D eigenvalue weighted by Crippen LogP contribution is -2.15. The maximum Gasteiger partial charge on any atom is 0.193 e. The molecule has 0 radical (unpaired) electrons. The van der Waals surface area contributed by atoms with Gasteiger partial charge in [0.15, 0.2) is 5.78 Å². The minimum absolute atomic E-state index is 0.0435. The van der Waals surface area contributed by atoms with E-state index in [1.54, 1.807) is 6.08 Å². The number of ether oxygens (including phenoxy) is 1. The Morgan fingerprint density at radius 1 is 0.958 bits per heavy atom. The van der Waals surface area contributed by atoms with E-state index in [4.69, 9.17) is 4.74 Å². The molecule has 0 aliphatic heterocycles. The third-order valence-electron chi connectivity index (χ3n) is 4.31. The van der Waals surface area contributed by atoms with Gasteiger partial charge in [-0.05, 0) is 34.7 Å². The molecule has 0 bridgehead atoms. The van der Waals surface area contributed by atoms with E-state index in [0.717, 1.165) is 33.2 Å². The molecule has 1 aliphatic rings. The molecule has 0 fully saturated rings. The fourth-order valence-electron chi connectivity index (χ4n) is 3.07. The number of benzene rings is 3. The van der Waals surface area contributed by atoms with Crippen molar-refractivity contribution in [2.24, 2.45) is 0 Å². The van der Waals surface area contributed by atoms with Gasteiger partial charge in [-0.15, -0.1) is 0 Å². The smallest absolute Gasteiger partial charge is 0.193 e. The normalized spacial score (nSPS) is 12.8. The van der Waals surface area contributed by atoms with Crippen LogP contribution in [0.25, 0.3) is 22.9 Å². The van der Waals surface area contributed by atoms with Crippen LogP contribution in [0.2, 0.25) is 0 Å². The van der Waals surface area contributed by atoms with Crippen LogP contribution in [-0.4, -0.2) is 12.4 Å². The highest BCUT2D eigenvalue weighted by molar-refractivity contribution is 6.22. The average Bonchev–Trinajstić information content (AvgIpc) is 2.64. The molecule has 0 unspecified atom stereocenters. The van der Waals surface area contributed by atoms with Crippen LogP contribution in [0.3, 0.4) is 0 Å². The Bertz CT molecular complexity index is 973. The molecule has 1 aliphatic carbocycles. The summed E-state index contributed by atoms with van der Waals surface area (Å²) in [6.07, 6.45) is 3.73. The highest BCUT2D eigenvalue weighted by Crippen LogP contribution is 2.31. The second kappa shape index (κ2) is 5.82. The second-order valence-corrected chi connectivity index (χ2v) is 5.81. The lowest BCUT2D eigenvalue weighted by molar-refractivity contribution is 0.102. The zero-order valence-corrected chi connectivity index (χ0v) is 13.2. The first-order valence-corrected chi connectivity index (χ1v) is 7.88. The molecule has 2 nitrogen and oxygen atoms in total. The topological polar surface area (TPSA) is 26.3 Å². The summed E-state index contributed by atoms with van der Waals surface area (Å²) in [6.45, 7) is 4.00. The van der Waals surface area contributed by atoms with Crippen LogP contribution in [-0.2, 0) is 0 Å². The van der Waals surface area contributed by atoms with Crippen molar-refractivity contribution < 1.29 is 9.53 Å². The van der Waals surface area contributed by atoms with Gasteiger partial charge in [-0.1, -0.05) is 61.2 Å². The summed E-state index contributed by atoms with van der Waals surface area (Å²) in [5, 5.41) is 2.12. The van der Waals surface area contributed by atoms with Gasteiger partial charge in [0.2, 0.25) is 0 Å². The Labute approximate surface area is 140 Å². The van der Waals surface area contributed by atoms with Gasteiger partial charge in [0, 0.05) is 16.5 Å². The molecule has 116 valence electrons. The lowest BCUT2D eigenvalue weighted by atomic mass is 9.88. The summed E-state index contributed by atoms with van der Waals surface area (Å²) >= 11 is 0. The van der Waals surface area contributed by atoms with Crippen molar-refractivity contribution in [1.82, 2.24) is 0 Å². The van der Waals surface area contributed by atoms with Gasteiger partial charge in [0.05, 0.1) is 0 Å².